The second-order valence-electron chi connectivity index (χ2n) is 7.94. The number of nitrogens with one attached hydrogen (secondary N) is 1. The summed E-state index contributed by atoms with van der Waals surface area (Å²) in [6, 6.07) is 10.2. The predicted molar refractivity (Wildman–Crippen MR) is 112 cm³/mol. The van der Waals surface area contributed by atoms with Crippen molar-refractivity contribution in [2.75, 3.05) is 44.8 Å². The topological polar surface area (TPSA) is 88.9 Å². The average Bonchev–Trinajstić information content (AvgIpc) is 3.45. The molecule has 2 saturated heterocycles. The molecule has 1 amide bonds. The summed E-state index contributed by atoms with van der Waals surface area (Å²) in [5, 5.41) is 16.4. The fraction of sp³-hybridized carbons (Fsp3) is 0.545. The van der Waals surface area contributed by atoms with Gasteiger partial charge in [-0.15, -0.1) is 0 Å². The van der Waals surface area contributed by atoms with Crippen LogP contribution >= 0.6 is 0 Å². The van der Waals surface area contributed by atoms with Gasteiger partial charge in [-0.25, -0.2) is 4.68 Å². The summed E-state index contributed by atoms with van der Waals surface area (Å²) < 4.78 is 12.8. The highest BCUT2D eigenvalue weighted by Crippen LogP contribution is 2.27. The summed E-state index contributed by atoms with van der Waals surface area (Å²) >= 11 is 0. The number of aromatic nitrogens is 2. The van der Waals surface area contributed by atoms with Crippen LogP contribution in [-0.2, 0) is 16.1 Å². The van der Waals surface area contributed by atoms with Gasteiger partial charge in [0.2, 0.25) is 5.91 Å². The van der Waals surface area contributed by atoms with Crippen molar-refractivity contribution in [2.24, 2.45) is 5.92 Å². The van der Waals surface area contributed by atoms with E-state index in [2.05, 4.69) is 21.4 Å². The highest BCUT2D eigenvalue weighted by molar-refractivity contribution is 5.92. The lowest BCUT2D eigenvalue weighted by atomic mass is 10.0. The minimum absolute atomic E-state index is 0.0159. The lowest BCUT2D eigenvalue weighted by molar-refractivity contribution is -0.119. The molecule has 0 radical (unpaired) electrons. The van der Waals surface area contributed by atoms with Crippen molar-refractivity contribution in [3.05, 3.63) is 42.1 Å². The van der Waals surface area contributed by atoms with E-state index in [0.717, 1.165) is 50.5 Å². The van der Waals surface area contributed by atoms with Crippen LogP contribution in [0.4, 0.5) is 5.82 Å². The van der Waals surface area contributed by atoms with E-state index in [9.17, 15) is 4.79 Å². The first kappa shape index (κ1) is 20.8. The Bertz CT molecular complexity index is 826. The van der Waals surface area contributed by atoms with Crippen molar-refractivity contribution in [1.82, 2.24) is 14.7 Å². The van der Waals surface area contributed by atoms with E-state index in [1.807, 2.05) is 28.9 Å². The molecular formula is C22H30N4O4. The third-order valence-electron chi connectivity index (χ3n) is 5.79. The number of aliphatic hydroxyl groups is 1. The summed E-state index contributed by atoms with van der Waals surface area (Å²) in [4.78, 5) is 14.9. The minimum Gasteiger partial charge on any atom is -0.491 e. The lowest BCUT2D eigenvalue weighted by Crippen LogP contribution is -2.35. The van der Waals surface area contributed by atoms with Gasteiger partial charge in [-0.1, -0.05) is 12.1 Å². The first-order valence-corrected chi connectivity index (χ1v) is 10.7. The zero-order valence-electron chi connectivity index (χ0n) is 17.2. The molecule has 0 saturated carbocycles. The molecule has 2 aliphatic rings. The van der Waals surface area contributed by atoms with Crippen LogP contribution in [0.15, 0.2) is 36.5 Å². The fourth-order valence-electron chi connectivity index (χ4n) is 4.15. The Kier molecular flexibility index (Phi) is 6.99. The average molecular weight is 415 g/mol. The van der Waals surface area contributed by atoms with E-state index in [1.165, 1.54) is 5.56 Å². The zero-order chi connectivity index (χ0) is 20.8. The lowest BCUT2D eigenvalue weighted by Gasteiger charge is -2.32. The van der Waals surface area contributed by atoms with E-state index < -0.39 is 0 Å². The quantitative estimate of drug-likeness (QED) is 0.688. The number of rotatable bonds is 8. The van der Waals surface area contributed by atoms with Crippen LogP contribution in [0.1, 0.15) is 30.9 Å². The summed E-state index contributed by atoms with van der Waals surface area (Å²) in [6.07, 6.45) is 4.51. The SMILES string of the molecule is O=C(Nc1ccnn1C1CCN(Cc2cccc(OCCO)c2)CC1)[C@@H]1CCOC1. The monoisotopic (exact) mass is 414 g/mol. The standard InChI is InChI=1S/C22H30N4O4/c27-11-13-30-20-3-1-2-17(14-20)15-25-9-5-19(6-10-25)26-21(4-8-23-26)24-22(28)18-7-12-29-16-18/h1-4,8,14,18-19,27H,5-7,9-13,15-16H2,(H,24,28)/t18-/m1/s1. The molecule has 2 aromatic rings. The maximum atomic E-state index is 12.4. The number of nitrogens with zero attached hydrogens (tertiary/aromatic N) is 3. The first-order valence-electron chi connectivity index (χ1n) is 10.7. The number of hydrogen-bond acceptors (Lipinski definition) is 6. The molecule has 8 nitrogen and oxygen atoms in total. The van der Waals surface area contributed by atoms with Gasteiger partial charge in [0.25, 0.3) is 0 Å². The molecule has 2 aliphatic heterocycles. The summed E-state index contributed by atoms with van der Waals surface area (Å²) in [5.74, 6) is 1.53. The predicted octanol–water partition coefficient (Wildman–Crippen LogP) is 2.07. The van der Waals surface area contributed by atoms with Gasteiger partial charge in [0.1, 0.15) is 18.2 Å². The number of ether oxygens (including phenoxy) is 2. The Hall–Kier alpha value is -2.42. The smallest absolute Gasteiger partial charge is 0.231 e. The molecule has 0 bridgehead atoms. The van der Waals surface area contributed by atoms with Crippen molar-refractivity contribution in [3.8, 4) is 5.75 Å². The van der Waals surface area contributed by atoms with Crippen LogP contribution in [-0.4, -0.2) is 65.2 Å². The molecular weight excluding hydrogens is 384 g/mol. The third kappa shape index (κ3) is 5.19. The fourth-order valence-corrected chi connectivity index (χ4v) is 4.15. The number of amides is 1. The van der Waals surface area contributed by atoms with Crippen molar-refractivity contribution in [1.29, 1.82) is 0 Å². The molecule has 2 fully saturated rings. The molecule has 3 heterocycles. The molecule has 1 aromatic heterocycles. The van der Waals surface area contributed by atoms with Gasteiger partial charge in [-0.3, -0.25) is 9.69 Å². The summed E-state index contributed by atoms with van der Waals surface area (Å²) in [5.41, 5.74) is 1.20. The molecule has 8 heteroatoms. The second kappa shape index (κ2) is 10.1. The van der Waals surface area contributed by atoms with E-state index in [1.54, 1.807) is 6.20 Å². The molecule has 0 unspecified atom stereocenters. The van der Waals surface area contributed by atoms with Gasteiger partial charge in [0, 0.05) is 32.3 Å². The van der Waals surface area contributed by atoms with Gasteiger partial charge in [-0.05, 0) is 37.0 Å². The van der Waals surface area contributed by atoms with E-state index >= 15 is 0 Å². The third-order valence-corrected chi connectivity index (χ3v) is 5.79. The Morgan fingerprint density at radius 3 is 2.90 bits per heavy atom. The summed E-state index contributed by atoms with van der Waals surface area (Å²) in [6.45, 7) is 4.30. The van der Waals surface area contributed by atoms with Crippen LogP contribution < -0.4 is 10.1 Å². The van der Waals surface area contributed by atoms with Gasteiger partial charge >= 0.3 is 0 Å². The van der Waals surface area contributed by atoms with Crippen LogP contribution in [0.3, 0.4) is 0 Å². The largest absolute Gasteiger partial charge is 0.491 e. The van der Waals surface area contributed by atoms with Crippen molar-refractivity contribution in [2.45, 2.75) is 31.8 Å². The number of hydrogen-bond donors (Lipinski definition) is 2. The number of aliphatic hydroxyl groups excluding tert-OH is 1. The van der Waals surface area contributed by atoms with Crippen LogP contribution in [0.25, 0.3) is 0 Å². The molecule has 2 N–H and O–H groups in total. The number of carbonyl (C=O) groups is 1. The maximum absolute atomic E-state index is 12.4. The zero-order valence-corrected chi connectivity index (χ0v) is 17.2. The van der Waals surface area contributed by atoms with Crippen molar-refractivity contribution >= 4 is 11.7 Å². The van der Waals surface area contributed by atoms with Gasteiger partial charge < -0.3 is 19.9 Å². The molecule has 1 atom stereocenters. The first-order chi connectivity index (χ1) is 14.7. The number of carbonyl (C=O) groups excluding carboxylic acids is 1. The van der Waals surface area contributed by atoms with E-state index in [0.29, 0.717) is 19.8 Å². The van der Waals surface area contributed by atoms with Gasteiger partial charge in [0.05, 0.1) is 31.4 Å². The maximum Gasteiger partial charge on any atom is 0.231 e. The van der Waals surface area contributed by atoms with E-state index in [4.69, 9.17) is 14.6 Å². The van der Waals surface area contributed by atoms with Crippen molar-refractivity contribution < 1.29 is 19.4 Å². The Balaban J connectivity index is 1.30. The molecule has 162 valence electrons. The van der Waals surface area contributed by atoms with Crippen LogP contribution in [0, 0.1) is 5.92 Å². The second-order valence-corrected chi connectivity index (χ2v) is 7.94. The normalized spacial score (nSPS) is 20.4. The minimum atomic E-state index is -0.0627. The Morgan fingerprint density at radius 1 is 1.27 bits per heavy atom. The van der Waals surface area contributed by atoms with Gasteiger partial charge in [-0.2, -0.15) is 5.10 Å². The molecule has 4 rings (SSSR count). The number of likely N-dealkylation sites (tertiary alicyclic amines) is 1. The van der Waals surface area contributed by atoms with E-state index in [-0.39, 0.29) is 24.5 Å². The Labute approximate surface area is 176 Å². The molecule has 30 heavy (non-hydrogen) atoms. The highest BCUT2D eigenvalue weighted by Gasteiger charge is 2.27. The molecule has 1 aromatic carbocycles. The number of anilines is 1. The summed E-state index contributed by atoms with van der Waals surface area (Å²) in [7, 11) is 0. The Morgan fingerprint density at radius 2 is 2.13 bits per heavy atom. The molecule has 0 aliphatic carbocycles. The van der Waals surface area contributed by atoms with Gasteiger partial charge in [0.15, 0.2) is 0 Å². The van der Waals surface area contributed by atoms with Crippen molar-refractivity contribution in [3.63, 3.8) is 0 Å². The number of piperidine rings is 1. The van der Waals surface area contributed by atoms with Crippen LogP contribution in [0.5, 0.6) is 5.75 Å². The number of benzene rings is 1. The van der Waals surface area contributed by atoms with Crippen LogP contribution in [0.2, 0.25) is 0 Å². The molecule has 0 spiro atoms. The highest BCUT2D eigenvalue weighted by atomic mass is 16.5.